The van der Waals surface area contributed by atoms with Gasteiger partial charge in [0.25, 0.3) is 0 Å². The van der Waals surface area contributed by atoms with Crippen LogP contribution in [0.2, 0.25) is 6.04 Å². The lowest BCUT2D eigenvalue weighted by Gasteiger charge is -2.21. The molecule has 0 aliphatic carbocycles. The lowest BCUT2D eigenvalue weighted by Crippen LogP contribution is -2.46. The number of amides is 3. The Morgan fingerprint density at radius 1 is 1.39 bits per heavy atom. The van der Waals surface area contributed by atoms with Crippen molar-refractivity contribution in [3.63, 3.8) is 0 Å². The van der Waals surface area contributed by atoms with Crippen molar-refractivity contribution in [3.05, 3.63) is 0 Å². The number of carbonyl (C=O) groups excluding carboxylic acids is 2. The molecule has 1 fully saturated rings. The minimum absolute atomic E-state index is 0.00849. The van der Waals surface area contributed by atoms with Crippen molar-refractivity contribution in [2.24, 2.45) is 5.73 Å². The van der Waals surface area contributed by atoms with Crippen LogP contribution < -0.4 is 11.1 Å². The highest BCUT2D eigenvalue weighted by Crippen LogP contribution is 2.26. The number of rotatable bonds is 3. The van der Waals surface area contributed by atoms with Gasteiger partial charge in [0.1, 0.15) is 4.32 Å². The third-order valence-corrected chi connectivity index (χ3v) is 5.69. The minimum Gasteiger partial charge on any atom is -0.424 e. The topological polar surface area (TPSA) is 81.4 Å². The first kappa shape index (κ1) is 17.6. The molecule has 106 valence electrons. The number of halogens is 1. The average molecular weight is 339 g/mol. The van der Waals surface area contributed by atoms with E-state index in [1.807, 2.05) is 19.2 Å². The van der Waals surface area contributed by atoms with Gasteiger partial charge in [0.15, 0.2) is 9.76 Å². The van der Waals surface area contributed by atoms with Crippen LogP contribution in [0, 0.1) is 0 Å². The molecule has 1 aliphatic rings. The average Bonchev–Trinajstić information content (AvgIpc) is 2.39. The summed E-state index contributed by atoms with van der Waals surface area (Å²) < 4.78 is 4.54. The summed E-state index contributed by atoms with van der Waals surface area (Å²) >= 11 is 3.26. The third-order valence-electron chi connectivity index (χ3n) is 2.84. The highest BCUT2D eigenvalue weighted by Gasteiger charge is 2.32. The molecule has 0 aromatic rings. The van der Waals surface area contributed by atoms with Crippen LogP contribution in [-0.2, 0) is 9.22 Å². The fourth-order valence-electron chi connectivity index (χ4n) is 1.48. The Kier molecular flexibility index (Phi) is 9.30. The van der Waals surface area contributed by atoms with Gasteiger partial charge in [-0.15, -0.1) is 0 Å². The Balaban J connectivity index is 0.000000397. The van der Waals surface area contributed by atoms with Crippen molar-refractivity contribution in [1.82, 2.24) is 5.32 Å². The number of primary amides is 1. The van der Waals surface area contributed by atoms with Gasteiger partial charge < -0.3 is 10.2 Å². The molecule has 1 heterocycles. The highest BCUT2D eigenvalue weighted by molar-refractivity contribution is 9.10. The number of imide groups is 1. The molecule has 3 amide bonds. The first-order valence-electron chi connectivity index (χ1n) is 6.33. The van der Waals surface area contributed by atoms with Crippen LogP contribution in [0.4, 0.5) is 4.79 Å². The molecule has 0 atom stereocenters. The Morgan fingerprint density at radius 3 is 2.22 bits per heavy atom. The summed E-state index contributed by atoms with van der Waals surface area (Å²) in [4.78, 5) is 21.6. The van der Waals surface area contributed by atoms with E-state index in [-0.39, 0.29) is 15.7 Å². The Hall–Kier alpha value is -0.403. The highest BCUT2D eigenvalue weighted by atomic mass is 79.9. The van der Waals surface area contributed by atoms with Crippen LogP contribution in [0.3, 0.4) is 0 Å². The molecule has 0 spiro atoms. The molecule has 0 unspecified atom stereocenters. The van der Waals surface area contributed by atoms with Crippen LogP contribution in [0.1, 0.15) is 39.5 Å². The second kappa shape index (κ2) is 9.52. The molecule has 7 heteroatoms. The predicted octanol–water partition coefficient (Wildman–Crippen LogP) is 1.43. The number of nitrogens with two attached hydrogens (primary N) is 1. The van der Waals surface area contributed by atoms with Gasteiger partial charge in [-0.05, 0) is 25.3 Å². The van der Waals surface area contributed by atoms with Gasteiger partial charge >= 0.3 is 6.03 Å². The van der Waals surface area contributed by atoms with E-state index in [0.717, 1.165) is 6.61 Å². The smallest absolute Gasteiger partial charge is 0.318 e. The molecule has 0 bridgehead atoms. The fourth-order valence-corrected chi connectivity index (χ4v) is 2.75. The normalized spacial score (nSPS) is 16.6. The van der Waals surface area contributed by atoms with Crippen LogP contribution in [-0.4, -0.2) is 32.6 Å². The lowest BCUT2D eigenvalue weighted by molar-refractivity contribution is -0.122. The van der Waals surface area contributed by atoms with Crippen LogP contribution in [0.25, 0.3) is 0 Å². The summed E-state index contributed by atoms with van der Waals surface area (Å²) in [6, 6.07) is 0.603. The van der Waals surface area contributed by atoms with Gasteiger partial charge in [-0.2, -0.15) is 0 Å². The quantitative estimate of drug-likeness (QED) is 0.603. The maximum atomic E-state index is 11.3. The first-order chi connectivity index (χ1) is 8.46. The van der Waals surface area contributed by atoms with E-state index in [1.165, 1.54) is 18.9 Å². The number of urea groups is 1. The Labute approximate surface area is 119 Å². The summed E-state index contributed by atoms with van der Waals surface area (Å²) in [6.45, 7) is 4.78. The van der Waals surface area contributed by atoms with Gasteiger partial charge in [0, 0.05) is 6.61 Å². The van der Waals surface area contributed by atoms with E-state index in [1.54, 1.807) is 0 Å². The molecular formula is C11H23BrN2O3Si. The molecule has 1 rings (SSSR count). The SMILES string of the molecule is C1CC[SiH2]OC1.CCC(Br)(CC)C(=O)NC(N)=O. The van der Waals surface area contributed by atoms with Crippen molar-refractivity contribution < 1.29 is 14.0 Å². The summed E-state index contributed by atoms with van der Waals surface area (Å²) in [6.07, 6.45) is 3.98. The molecule has 0 radical (unpaired) electrons. The lowest BCUT2D eigenvalue weighted by atomic mass is 10.0. The van der Waals surface area contributed by atoms with Crippen LogP contribution in [0.15, 0.2) is 0 Å². The zero-order valence-electron chi connectivity index (χ0n) is 11.1. The Morgan fingerprint density at radius 2 is 2.00 bits per heavy atom. The second-order valence-electron chi connectivity index (χ2n) is 4.16. The fraction of sp³-hybridized carbons (Fsp3) is 0.818. The molecule has 0 aromatic heterocycles. The van der Waals surface area contributed by atoms with E-state index in [4.69, 9.17) is 10.2 Å². The van der Waals surface area contributed by atoms with Crippen molar-refractivity contribution >= 4 is 37.6 Å². The summed E-state index contributed by atoms with van der Waals surface area (Å²) in [5, 5.41) is 2.04. The molecule has 1 saturated heterocycles. The van der Waals surface area contributed by atoms with Gasteiger partial charge in [-0.1, -0.05) is 36.2 Å². The monoisotopic (exact) mass is 338 g/mol. The summed E-state index contributed by atoms with van der Waals surface area (Å²) in [7, 11) is 0.00849. The molecular weight excluding hydrogens is 316 g/mol. The van der Waals surface area contributed by atoms with Crippen LogP contribution in [0.5, 0.6) is 0 Å². The number of nitrogens with one attached hydrogen (secondary N) is 1. The van der Waals surface area contributed by atoms with E-state index in [2.05, 4.69) is 15.9 Å². The van der Waals surface area contributed by atoms with Crippen molar-refractivity contribution in [2.75, 3.05) is 6.61 Å². The number of carbonyl (C=O) groups is 2. The van der Waals surface area contributed by atoms with Crippen molar-refractivity contribution in [2.45, 2.75) is 49.9 Å². The first-order valence-corrected chi connectivity index (χ1v) is 8.70. The molecule has 3 N–H and O–H groups in total. The molecule has 0 saturated carbocycles. The van der Waals surface area contributed by atoms with E-state index in [0.29, 0.717) is 12.8 Å². The largest absolute Gasteiger partial charge is 0.424 e. The Bertz CT molecular complexity index is 258. The van der Waals surface area contributed by atoms with Crippen molar-refractivity contribution in [3.8, 4) is 0 Å². The molecule has 5 nitrogen and oxygen atoms in total. The molecule has 0 aromatic carbocycles. The van der Waals surface area contributed by atoms with Gasteiger partial charge in [0.05, 0.1) is 0 Å². The molecule has 1 aliphatic heterocycles. The summed E-state index contributed by atoms with van der Waals surface area (Å²) in [5.74, 6) is -0.375. The minimum atomic E-state index is -0.814. The standard InChI is InChI=1S/C7H13BrN2O2.C4H10OSi/c1-3-7(8,4-2)5(11)10-6(9)12;1-2-4-6-5-3-1/h3-4H2,1-2H3,(H3,9,10,11,12);1-4,6H2. The number of hydrogen-bond acceptors (Lipinski definition) is 3. The zero-order chi connectivity index (χ0) is 14.0. The summed E-state index contributed by atoms with van der Waals surface area (Å²) in [5.41, 5.74) is 4.81. The number of hydrogen-bond donors (Lipinski definition) is 2. The third kappa shape index (κ3) is 7.12. The number of alkyl halides is 1. The van der Waals surface area contributed by atoms with Gasteiger partial charge in [-0.3, -0.25) is 10.1 Å². The maximum absolute atomic E-state index is 11.3. The van der Waals surface area contributed by atoms with E-state index < -0.39 is 10.4 Å². The molecule has 18 heavy (non-hydrogen) atoms. The van der Waals surface area contributed by atoms with Gasteiger partial charge in [0.2, 0.25) is 5.91 Å². The predicted molar refractivity (Wildman–Crippen MR) is 78.5 cm³/mol. The van der Waals surface area contributed by atoms with Crippen molar-refractivity contribution in [1.29, 1.82) is 0 Å². The zero-order valence-corrected chi connectivity index (χ0v) is 14.1. The second-order valence-corrected chi connectivity index (χ2v) is 7.21. The van der Waals surface area contributed by atoms with E-state index >= 15 is 0 Å². The maximum Gasteiger partial charge on any atom is 0.318 e. The van der Waals surface area contributed by atoms with Crippen LogP contribution >= 0.6 is 15.9 Å². The van der Waals surface area contributed by atoms with E-state index in [9.17, 15) is 9.59 Å². The van der Waals surface area contributed by atoms with Gasteiger partial charge in [-0.25, -0.2) is 4.79 Å².